The highest BCUT2D eigenvalue weighted by Crippen LogP contribution is 2.48. The SMILES string of the molecule is CCCOC(=O)C1=C(C)NC2=C(C(=O)C[C@@H](c3ccc(OC)c(OC)c3)C2)[C@@H]1c1ccccc1OCC. The Kier molecular flexibility index (Phi) is 8.21. The van der Waals surface area contributed by atoms with Gasteiger partial charge in [0.1, 0.15) is 5.75 Å². The molecule has 1 aliphatic heterocycles. The second kappa shape index (κ2) is 11.5. The second-order valence-corrected chi connectivity index (χ2v) is 9.24. The minimum Gasteiger partial charge on any atom is -0.494 e. The van der Waals surface area contributed by atoms with Crippen LogP contribution in [0.4, 0.5) is 0 Å². The molecule has 0 fully saturated rings. The third-order valence-electron chi connectivity index (χ3n) is 6.89. The molecule has 2 aromatic rings. The van der Waals surface area contributed by atoms with Gasteiger partial charge in [0, 0.05) is 29.0 Å². The van der Waals surface area contributed by atoms with Gasteiger partial charge in [-0.3, -0.25) is 4.79 Å². The van der Waals surface area contributed by atoms with E-state index in [0.29, 0.717) is 66.6 Å². The summed E-state index contributed by atoms with van der Waals surface area (Å²) in [6, 6.07) is 13.4. The van der Waals surface area contributed by atoms with E-state index in [9.17, 15) is 9.59 Å². The third-order valence-corrected chi connectivity index (χ3v) is 6.89. The van der Waals surface area contributed by atoms with E-state index in [-0.39, 0.29) is 11.7 Å². The monoisotopic (exact) mass is 505 g/mol. The second-order valence-electron chi connectivity index (χ2n) is 9.24. The van der Waals surface area contributed by atoms with E-state index in [4.69, 9.17) is 18.9 Å². The van der Waals surface area contributed by atoms with Crippen LogP contribution in [-0.2, 0) is 14.3 Å². The summed E-state index contributed by atoms with van der Waals surface area (Å²) in [6.45, 7) is 6.53. The average molecular weight is 506 g/mol. The van der Waals surface area contributed by atoms with E-state index in [1.54, 1.807) is 14.2 Å². The van der Waals surface area contributed by atoms with Crippen LogP contribution < -0.4 is 19.5 Å². The highest BCUT2D eigenvalue weighted by atomic mass is 16.5. The minimum atomic E-state index is -0.567. The van der Waals surface area contributed by atoms with Gasteiger partial charge in [-0.05, 0) is 56.4 Å². The molecule has 0 saturated carbocycles. The van der Waals surface area contributed by atoms with Crippen molar-refractivity contribution in [1.29, 1.82) is 0 Å². The van der Waals surface area contributed by atoms with Crippen molar-refractivity contribution in [2.75, 3.05) is 27.4 Å². The molecule has 4 rings (SSSR count). The molecule has 2 atom stereocenters. The van der Waals surface area contributed by atoms with Crippen molar-refractivity contribution in [3.05, 3.63) is 76.1 Å². The largest absolute Gasteiger partial charge is 0.494 e. The van der Waals surface area contributed by atoms with Gasteiger partial charge in [-0.2, -0.15) is 0 Å². The predicted molar refractivity (Wildman–Crippen MR) is 141 cm³/mol. The van der Waals surface area contributed by atoms with E-state index in [2.05, 4.69) is 5.32 Å². The number of para-hydroxylation sites is 1. The van der Waals surface area contributed by atoms with Crippen molar-refractivity contribution >= 4 is 11.8 Å². The molecule has 7 heteroatoms. The average Bonchev–Trinajstić information content (AvgIpc) is 2.90. The number of Topliss-reactive ketones (excluding diaryl/α,β-unsaturated/α-hetero) is 1. The Morgan fingerprint density at radius 1 is 1.00 bits per heavy atom. The number of nitrogens with one attached hydrogen (secondary N) is 1. The lowest BCUT2D eigenvalue weighted by atomic mass is 9.71. The van der Waals surface area contributed by atoms with E-state index in [0.717, 1.165) is 16.8 Å². The molecule has 196 valence electrons. The van der Waals surface area contributed by atoms with Gasteiger partial charge in [0.15, 0.2) is 17.3 Å². The molecular formula is C30H35NO6. The fraction of sp³-hybridized carbons (Fsp3) is 0.400. The quantitative estimate of drug-likeness (QED) is 0.456. The lowest BCUT2D eigenvalue weighted by Gasteiger charge is -2.37. The fourth-order valence-corrected chi connectivity index (χ4v) is 5.24. The summed E-state index contributed by atoms with van der Waals surface area (Å²) in [5, 5.41) is 3.40. The Labute approximate surface area is 218 Å². The Hall–Kier alpha value is -3.74. The van der Waals surface area contributed by atoms with Crippen molar-refractivity contribution in [3.63, 3.8) is 0 Å². The van der Waals surface area contributed by atoms with E-state index in [1.807, 2.05) is 63.2 Å². The fourth-order valence-electron chi connectivity index (χ4n) is 5.24. The summed E-state index contributed by atoms with van der Waals surface area (Å²) in [5.41, 5.74) is 4.38. The van der Waals surface area contributed by atoms with Crippen molar-refractivity contribution in [1.82, 2.24) is 5.32 Å². The third kappa shape index (κ3) is 5.22. The number of methoxy groups -OCH3 is 2. The number of carbonyl (C=O) groups is 2. The number of hydrogen-bond donors (Lipinski definition) is 1. The first kappa shape index (κ1) is 26.3. The molecule has 1 heterocycles. The highest BCUT2D eigenvalue weighted by molar-refractivity contribution is 6.04. The standard InChI is InChI=1S/C30H35NO6/c1-6-14-37-30(33)27-18(3)31-22-15-20(19-12-13-25(34-4)26(17-19)35-5)16-23(32)29(22)28(27)21-10-8-9-11-24(21)36-7-2/h8-13,17,20,28,31H,6-7,14-16H2,1-5H3/t20-,28+/m0/s1. The number of rotatable bonds is 9. The first-order valence-corrected chi connectivity index (χ1v) is 12.8. The van der Waals surface area contributed by atoms with E-state index >= 15 is 0 Å². The Balaban J connectivity index is 1.79. The van der Waals surface area contributed by atoms with Gasteiger partial charge in [0.05, 0.1) is 38.9 Å². The van der Waals surface area contributed by atoms with Crippen LogP contribution in [0.25, 0.3) is 0 Å². The lowest BCUT2D eigenvalue weighted by Crippen LogP contribution is -2.36. The molecule has 0 saturated heterocycles. The maximum atomic E-state index is 13.9. The summed E-state index contributed by atoms with van der Waals surface area (Å²) in [5.74, 6) is 0.912. The molecular weight excluding hydrogens is 470 g/mol. The van der Waals surface area contributed by atoms with Crippen molar-refractivity contribution < 1.29 is 28.5 Å². The zero-order chi connectivity index (χ0) is 26.5. The molecule has 37 heavy (non-hydrogen) atoms. The van der Waals surface area contributed by atoms with E-state index < -0.39 is 11.9 Å². The van der Waals surface area contributed by atoms with Gasteiger partial charge in [-0.1, -0.05) is 31.2 Å². The number of dihydropyridines is 1. The van der Waals surface area contributed by atoms with Gasteiger partial charge in [0.25, 0.3) is 0 Å². The van der Waals surface area contributed by atoms with Gasteiger partial charge in [-0.25, -0.2) is 4.79 Å². The molecule has 7 nitrogen and oxygen atoms in total. The molecule has 0 radical (unpaired) electrons. The topological polar surface area (TPSA) is 83.1 Å². The number of hydrogen-bond acceptors (Lipinski definition) is 7. The molecule has 1 N–H and O–H groups in total. The Morgan fingerprint density at radius 3 is 2.46 bits per heavy atom. The normalized spacial score (nSPS) is 19.2. The molecule has 0 bridgehead atoms. The summed E-state index contributed by atoms with van der Waals surface area (Å²) >= 11 is 0. The van der Waals surface area contributed by atoms with Gasteiger partial charge < -0.3 is 24.3 Å². The van der Waals surface area contributed by atoms with Crippen molar-refractivity contribution in [3.8, 4) is 17.2 Å². The van der Waals surface area contributed by atoms with Crippen LogP contribution in [0.2, 0.25) is 0 Å². The number of benzene rings is 2. The highest BCUT2D eigenvalue weighted by Gasteiger charge is 2.42. The van der Waals surface area contributed by atoms with Crippen LogP contribution >= 0.6 is 0 Å². The Morgan fingerprint density at radius 2 is 1.76 bits per heavy atom. The molecule has 0 spiro atoms. The van der Waals surface area contributed by atoms with E-state index in [1.165, 1.54) is 0 Å². The lowest BCUT2D eigenvalue weighted by molar-refractivity contribution is -0.139. The van der Waals surface area contributed by atoms with Crippen molar-refractivity contribution in [2.45, 2.75) is 51.9 Å². The molecule has 1 aliphatic carbocycles. The maximum absolute atomic E-state index is 13.9. The number of allylic oxidation sites excluding steroid dienone is 3. The smallest absolute Gasteiger partial charge is 0.336 e. The number of esters is 1. The van der Waals surface area contributed by atoms with Gasteiger partial charge in [-0.15, -0.1) is 0 Å². The number of ether oxygens (including phenoxy) is 4. The molecule has 0 unspecified atom stereocenters. The van der Waals surface area contributed by atoms with Crippen LogP contribution in [0.15, 0.2) is 65.0 Å². The summed E-state index contributed by atoms with van der Waals surface area (Å²) in [7, 11) is 3.20. The van der Waals surface area contributed by atoms with Crippen LogP contribution in [0.1, 0.15) is 63.0 Å². The van der Waals surface area contributed by atoms with Crippen LogP contribution in [0.5, 0.6) is 17.2 Å². The molecule has 0 aromatic heterocycles. The molecule has 2 aromatic carbocycles. The van der Waals surface area contributed by atoms with Gasteiger partial charge >= 0.3 is 5.97 Å². The first-order chi connectivity index (χ1) is 17.9. The summed E-state index contributed by atoms with van der Waals surface area (Å²) in [4.78, 5) is 27.2. The molecule has 2 aliphatic rings. The zero-order valence-electron chi connectivity index (χ0n) is 22.2. The zero-order valence-corrected chi connectivity index (χ0v) is 22.2. The first-order valence-electron chi connectivity index (χ1n) is 12.8. The summed E-state index contributed by atoms with van der Waals surface area (Å²) < 4.78 is 22.4. The van der Waals surface area contributed by atoms with Crippen molar-refractivity contribution in [2.24, 2.45) is 0 Å². The molecule has 0 amide bonds. The number of carbonyl (C=O) groups excluding carboxylic acids is 2. The summed E-state index contributed by atoms with van der Waals surface area (Å²) in [6.07, 6.45) is 1.66. The van der Waals surface area contributed by atoms with Gasteiger partial charge in [0.2, 0.25) is 0 Å². The Bertz CT molecular complexity index is 1240. The van der Waals surface area contributed by atoms with Crippen LogP contribution in [0.3, 0.4) is 0 Å². The van der Waals surface area contributed by atoms with Crippen LogP contribution in [-0.4, -0.2) is 39.2 Å². The number of ketones is 1. The predicted octanol–water partition coefficient (Wildman–Crippen LogP) is 5.42. The minimum absolute atomic E-state index is 0.00173. The van der Waals surface area contributed by atoms with Crippen LogP contribution in [0, 0.1) is 0 Å². The maximum Gasteiger partial charge on any atom is 0.336 e.